The van der Waals surface area contributed by atoms with Crippen molar-refractivity contribution in [3.8, 4) is 5.75 Å². The Morgan fingerprint density at radius 2 is 1.91 bits per heavy atom. The predicted molar refractivity (Wildman–Crippen MR) is 82.1 cm³/mol. The van der Waals surface area contributed by atoms with Gasteiger partial charge in [-0.25, -0.2) is 26.7 Å². The first-order valence-electron chi connectivity index (χ1n) is 6.58. The Balaban J connectivity index is 2.60. The Labute approximate surface area is 137 Å². The number of hydrogen-bond acceptors (Lipinski definition) is 6. The van der Waals surface area contributed by atoms with Crippen LogP contribution in [0.4, 0.5) is 8.78 Å². The molecule has 0 atom stereocenters. The molecule has 0 aliphatic carbocycles. The lowest BCUT2D eigenvalue weighted by Crippen LogP contribution is -2.24. The fraction of sp³-hybridized carbons (Fsp3) is 0.462. The maximum absolute atomic E-state index is 13.8. The van der Waals surface area contributed by atoms with E-state index >= 15 is 0 Å². The third kappa shape index (κ3) is 7.62. The SMILES string of the molecule is CCOC(=O)COc1c(F)cc(SCCNS(C)(=O)=O)cc1F. The number of carbonyl (C=O) groups is 1. The fourth-order valence-corrected chi connectivity index (χ4v) is 2.90. The highest BCUT2D eigenvalue weighted by Gasteiger charge is 2.15. The van der Waals surface area contributed by atoms with Gasteiger partial charge in [0.2, 0.25) is 10.0 Å². The second-order valence-electron chi connectivity index (χ2n) is 4.32. The Bertz CT molecular complexity index is 629. The van der Waals surface area contributed by atoms with E-state index in [1.807, 2.05) is 0 Å². The zero-order valence-corrected chi connectivity index (χ0v) is 14.2. The molecule has 0 saturated carbocycles. The normalized spacial score (nSPS) is 11.3. The molecule has 0 fully saturated rings. The minimum atomic E-state index is -3.30. The van der Waals surface area contributed by atoms with Gasteiger partial charge in [0.25, 0.3) is 0 Å². The highest BCUT2D eigenvalue weighted by molar-refractivity contribution is 7.99. The monoisotopic (exact) mass is 369 g/mol. The quantitative estimate of drug-likeness (QED) is 0.404. The number of sulfonamides is 1. The van der Waals surface area contributed by atoms with Gasteiger partial charge in [-0.05, 0) is 19.1 Å². The van der Waals surface area contributed by atoms with E-state index in [1.54, 1.807) is 6.92 Å². The molecular formula is C13H17F2NO5S2. The minimum absolute atomic E-state index is 0.133. The van der Waals surface area contributed by atoms with E-state index in [4.69, 9.17) is 4.74 Å². The third-order valence-corrected chi connectivity index (χ3v) is 4.05. The second-order valence-corrected chi connectivity index (χ2v) is 7.33. The van der Waals surface area contributed by atoms with Gasteiger partial charge in [-0.1, -0.05) is 0 Å². The van der Waals surface area contributed by atoms with Crippen LogP contribution in [0.5, 0.6) is 5.75 Å². The summed E-state index contributed by atoms with van der Waals surface area (Å²) in [4.78, 5) is 11.4. The molecule has 1 N–H and O–H groups in total. The molecule has 0 aromatic heterocycles. The molecule has 0 spiro atoms. The third-order valence-electron chi connectivity index (χ3n) is 2.35. The summed E-state index contributed by atoms with van der Waals surface area (Å²) in [7, 11) is -3.30. The van der Waals surface area contributed by atoms with Crippen molar-refractivity contribution in [2.24, 2.45) is 0 Å². The molecule has 10 heteroatoms. The molecule has 23 heavy (non-hydrogen) atoms. The summed E-state index contributed by atoms with van der Waals surface area (Å²) in [5, 5.41) is 0. The molecule has 0 unspecified atom stereocenters. The van der Waals surface area contributed by atoms with Crippen molar-refractivity contribution in [2.45, 2.75) is 11.8 Å². The van der Waals surface area contributed by atoms with Gasteiger partial charge in [0.05, 0.1) is 12.9 Å². The van der Waals surface area contributed by atoms with Gasteiger partial charge in [0.15, 0.2) is 24.0 Å². The Hall–Kier alpha value is -1.39. The van der Waals surface area contributed by atoms with Gasteiger partial charge in [-0.15, -0.1) is 11.8 Å². The zero-order chi connectivity index (χ0) is 17.5. The van der Waals surface area contributed by atoms with Crippen LogP contribution < -0.4 is 9.46 Å². The molecule has 0 amide bonds. The molecule has 6 nitrogen and oxygen atoms in total. The molecule has 0 aliphatic rings. The summed E-state index contributed by atoms with van der Waals surface area (Å²) in [6.45, 7) is 1.29. The Morgan fingerprint density at radius 3 is 2.43 bits per heavy atom. The minimum Gasteiger partial charge on any atom is -0.476 e. The van der Waals surface area contributed by atoms with Crippen molar-refractivity contribution in [1.29, 1.82) is 0 Å². The van der Waals surface area contributed by atoms with Crippen LogP contribution in [0.2, 0.25) is 0 Å². The Morgan fingerprint density at radius 1 is 1.30 bits per heavy atom. The van der Waals surface area contributed by atoms with E-state index in [0.717, 1.165) is 30.2 Å². The molecule has 1 aromatic carbocycles. The van der Waals surface area contributed by atoms with Crippen LogP contribution in [0.3, 0.4) is 0 Å². The lowest BCUT2D eigenvalue weighted by Gasteiger charge is -2.09. The summed E-state index contributed by atoms with van der Waals surface area (Å²) in [6, 6.07) is 2.10. The number of halogens is 2. The van der Waals surface area contributed by atoms with Crippen molar-refractivity contribution < 1.29 is 31.5 Å². The summed E-state index contributed by atoms with van der Waals surface area (Å²) < 4.78 is 61.0. The largest absolute Gasteiger partial charge is 0.476 e. The average molecular weight is 369 g/mol. The summed E-state index contributed by atoms with van der Waals surface area (Å²) >= 11 is 1.08. The van der Waals surface area contributed by atoms with Gasteiger partial charge in [-0.3, -0.25) is 0 Å². The number of rotatable bonds is 9. The number of benzene rings is 1. The van der Waals surface area contributed by atoms with Crippen molar-refractivity contribution in [3.63, 3.8) is 0 Å². The predicted octanol–water partition coefficient (Wildman–Crippen LogP) is 1.55. The second kappa shape index (κ2) is 9.04. The van der Waals surface area contributed by atoms with E-state index in [9.17, 15) is 22.0 Å². The first-order valence-corrected chi connectivity index (χ1v) is 9.45. The molecule has 1 rings (SSSR count). The van der Waals surface area contributed by atoms with Crippen molar-refractivity contribution in [1.82, 2.24) is 4.72 Å². The van der Waals surface area contributed by atoms with Crippen LogP contribution in [0.15, 0.2) is 17.0 Å². The highest BCUT2D eigenvalue weighted by Crippen LogP contribution is 2.28. The van der Waals surface area contributed by atoms with Gasteiger partial charge >= 0.3 is 5.97 Å². The maximum atomic E-state index is 13.8. The van der Waals surface area contributed by atoms with Gasteiger partial charge in [-0.2, -0.15) is 0 Å². The number of esters is 1. The van der Waals surface area contributed by atoms with Crippen molar-refractivity contribution in [3.05, 3.63) is 23.8 Å². The van der Waals surface area contributed by atoms with Crippen molar-refractivity contribution in [2.75, 3.05) is 31.8 Å². The Kier molecular flexibility index (Phi) is 7.73. The van der Waals surface area contributed by atoms with E-state index in [0.29, 0.717) is 5.75 Å². The number of nitrogens with one attached hydrogen (secondary N) is 1. The standard InChI is InChI=1S/C13H17F2NO5S2/c1-3-20-12(17)8-21-13-10(14)6-9(7-11(13)15)22-5-4-16-23(2,18)19/h6-7,16H,3-5,8H2,1-2H3. The fourth-order valence-electron chi connectivity index (χ4n) is 1.49. The zero-order valence-electron chi connectivity index (χ0n) is 12.6. The summed E-state index contributed by atoms with van der Waals surface area (Å²) in [6.07, 6.45) is 1.02. The van der Waals surface area contributed by atoms with Crippen LogP contribution in [0.1, 0.15) is 6.92 Å². The van der Waals surface area contributed by atoms with Crippen LogP contribution in [-0.4, -0.2) is 46.2 Å². The topological polar surface area (TPSA) is 81.7 Å². The number of thioether (sulfide) groups is 1. The average Bonchev–Trinajstić information content (AvgIpc) is 2.42. The van der Waals surface area contributed by atoms with Crippen LogP contribution >= 0.6 is 11.8 Å². The van der Waals surface area contributed by atoms with E-state index in [-0.39, 0.29) is 18.0 Å². The lowest BCUT2D eigenvalue weighted by atomic mass is 10.3. The van der Waals surface area contributed by atoms with Crippen LogP contribution in [-0.2, 0) is 19.6 Å². The van der Waals surface area contributed by atoms with E-state index < -0.39 is 40.0 Å². The van der Waals surface area contributed by atoms with Crippen LogP contribution in [0, 0.1) is 11.6 Å². The maximum Gasteiger partial charge on any atom is 0.344 e. The highest BCUT2D eigenvalue weighted by atomic mass is 32.2. The van der Waals surface area contributed by atoms with E-state index in [2.05, 4.69) is 9.46 Å². The van der Waals surface area contributed by atoms with Gasteiger partial charge in [0, 0.05) is 17.2 Å². The van der Waals surface area contributed by atoms with Gasteiger partial charge in [0.1, 0.15) is 0 Å². The van der Waals surface area contributed by atoms with Crippen LogP contribution in [0.25, 0.3) is 0 Å². The molecule has 1 aromatic rings. The molecular weight excluding hydrogens is 352 g/mol. The number of hydrogen-bond donors (Lipinski definition) is 1. The molecule has 0 heterocycles. The first kappa shape index (κ1) is 19.7. The molecule has 0 bridgehead atoms. The molecule has 0 saturated heterocycles. The molecule has 130 valence electrons. The summed E-state index contributed by atoms with van der Waals surface area (Å²) in [5.41, 5.74) is 0. The lowest BCUT2D eigenvalue weighted by molar-refractivity contribution is -0.145. The molecule has 0 radical (unpaired) electrons. The molecule has 0 aliphatic heterocycles. The number of ether oxygens (including phenoxy) is 2. The van der Waals surface area contributed by atoms with E-state index in [1.165, 1.54) is 0 Å². The first-order chi connectivity index (χ1) is 10.7. The number of carbonyl (C=O) groups excluding carboxylic acids is 1. The van der Waals surface area contributed by atoms with Crippen molar-refractivity contribution >= 4 is 27.8 Å². The van der Waals surface area contributed by atoms with Gasteiger partial charge < -0.3 is 9.47 Å². The smallest absolute Gasteiger partial charge is 0.344 e. The summed E-state index contributed by atoms with van der Waals surface area (Å²) in [5.74, 6) is -2.98.